The number of hydrogen-bond acceptors (Lipinski definition) is 3. The number of piperidine rings is 1. The Kier molecular flexibility index (Phi) is 8.62. The molecule has 1 atom stereocenters. The molecule has 2 amide bonds. The molecule has 5 heteroatoms. The Balaban J connectivity index is 1.72. The number of carbonyl (C=O) groups is 2. The van der Waals surface area contributed by atoms with Crippen LogP contribution in [0.2, 0.25) is 0 Å². The third kappa shape index (κ3) is 6.45. The molecule has 1 unspecified atom stereocenters. The van der Waals surface area contributed by atoms with Gasteiger partial charge in [0.25, 0.3) is 0 Å². The maximum Gasteiger partial charge on any atom is 0.223 e. The van der Waals surface area contributed by atoms with E-state index < -0.39 is 0 Å². The van der Waals surface area contributed by atoms with E-state index in [0.717, 1.165) is 38.5 Å². The molecule has 1 heterocycles. The molecule has 3 N–H and O–H groups in total. The van der Waals surface area contributed by atoms with Crippen LogP contribution in [0.25, 0.3) is 0 Å². The summed E-state index contributed by atoms with van der Waals surface area (Å²) in [6, 6.07) is 10.2. The number of unbranched alkanes of at least 4 members (excludes halogenated alkanes) is 1. The quantitative estimate of drug-likeness (QED) is 0.711. The van der Waals surface area contributed by atoms with E-state index >= 15 is 0 Å². The second-order valence-electron chi connectivity index (χ2n) is 7.22. The van der Waals surface area contributed by atoms with Crippen molar-refractivity contribution in [2.75, 3.05) is 19.6 Å². The molecule has 1 aromatic carbocycles. The highest BCUT2D eigenvalue weighted by Gasteiger charge is 2.28. The fourth-order valence-electron chi connectivity index (χ4n) is 3.46. The van der Waals surface area contributed by atoms with Gasteiger partial charge in [0.1, 0.15) is 0 Å². The molecule has 0 aromatic heterocycles. The second kappa shape index (κ2) is 11.0. The number of hydrogen-bond donors (Lipinski definition) is 2. The highest BCUT2D eigenvalue weighted by atomic mass is 16.2. The molecule has 1 aliphatic heterocycles. The van der Waals surface area contributed by atoms with Gasteiger partial charge in [-0.15, -0.1) is 0 Å². The van der Waals surface area contributed by atoms with Crippen LogP contribution < -0.4 is 11.1 Å². The molecule has 1 aliphatic rings. The van der Waals surface area contributed by atoms with Gasteiger partial charge < -0.3 is 16.0 Å². The van der Waals surface area contributed by atoms with E-state index in [9.17, 15) is 9.59 Å². The molecule has 0 spiro atoms. The Morgan fingerprint density at radius 3 is 2.54 bits per heavy atom. The Morgan fingerprint density at radius 2 is 1.92 bits per heavy atom. The number of aryl methyl sites for hydroxylation is 1. The Bertz CT molecular complexity index is 554. The maximum absolute atomic E-state index is 12.4. The summed E-state index contributed by atoms with van der Waals surface area (Å²) >= 11 is 0. The predicted molar refractivity (Wildman–Crippen MR) is 105 cm³/mol. The van der Waals surface area contributed by atoms with Crippen molar-refractivity contribution in [1.29, 1.82) is 0 Å². The standard InChI is InChI=1S/C21H33N3O2/c1-2-3-9-19(16-22)23-21(26)18-12-14-24(15-13-18)20(25)11-10-17-7-5-4-6-8-17/h4-8,18-19H,2-3,9-16,22H2,1H3,(H,23,26). The molecule has 1 aromatic rings. The molecule has 0 aliphatic carbocycles. The van der Waals surface area contributed by atoms with E-state index in [1.165, 1.54) is 5.56 Å². The summed E-state index contributed by atoms with van der Waals surface area (Å²) in [6.45, 7) is 3.98. The number of nitrogens with one attached hydrogen (secondary N) is 1. The first-order chi connectivity index (χ1) is 12.6. The van der Waals surface area contributed by atoms with Crippen molar-refractivity contribution in [3.05, 3.63) is 35.9 Å². The zero-order valence-corrected chi connectivity index (χ0v) is 16.0. The molecule has 1 saturated heterocycles. The van der Waals surface area contributed by atoms with Gasteiger partial charge in [-0.05, 0) is 31.2 Å². The summed E-state index contributed by atoms with van der Waals surface area (Å²) in [5.74, 6) is 0.298. The molecular weight excluding hydrogens is 326 g/mol. The van der Waals surface area contributed by atoms with Crippen LogP contribution in [0.4, 0.5) is 0 Å². The summed E-state index contributed by atoms with van der Waals surface area (Å²) in [6.07, 6.45) is 5.92. The number of likely N-dealkylation sites (tertiary alicyclic amines) is 1. The molecule has 0 bridgehead atoms. The number of nitrogens with zero attached hydrogens (tertiary/aromatic N) is 1. The lowest BCUT2D eigenvalue weighted by atomic mass is 9.94. The molecule has 0 saturated carbocycles. The summed E-state index contributed by atoms with van der Waals surface area (Å²) in [5.41, 5.74) is 6.96. The van der Waals surface area contributed by atoms with Crippen LogP contribution in [0, 0.1) is 5.92 Å². The van der Waals surface area contributed by atoms with Crippen LogP contribution in [0.1, 0.15) is 51.0 Å². The number of nitrogens with two attached hydrogens (primary N) is 1. The maximum atomic E-state index is 12.4. The Hall–Kier alpha value is -1.88. The van der Waals surface area contributed by atoms with E-state index in [-0.39, 0.29) is 23.8 Å². The number of carbonyl (C=O) groups excluding carboxylic acids is 2. The number of amides is 2. The number of rotatable bonds is 9. The molecule has 144 valence electrons. The van der Waals surface area contributed by atoms with Crippen molar-refractivity contribution in [2.45, 2.75) is 57.9 Å². The molecule has 2 rings (SSSR count). The van der Waals surface area contributed by atoms with Crippen molar-refractivity contribution in [3.8, 4) is 0 Å². The van der Waals surface area contributed by atoms with Crippen molar-refractivity contribution in [2.24, 2.45) is 11.7 Å². The van der Waals surface area contributed by atoms with E-state index in [0.29, 0.717) is 26.1 Å². The minimum atomic E-state index is 0.00356. The van der Waals surface area contributed by atoms with Crippen molar-refractivity contribution < 1.29 is 9.59 Å². The molecular formula is C21H33N3O2. The van der Waals surface area contributed by atoms with Gasteiger partial charge in [0.15, 0.2) is 0 Å². The average Bonchev–Trinajstić information content (AvgIpc) is 2.70. The fraction of sp³-hybridized carbons (Fsp3) is 0.619. The molecule has 0 radical (unpaired) electrons. The first kappa shape index (κ1) is 20.4. The van der Waals surface area contributed by atoms with E-state index in [2.05, 4.69) is 24.4 Å². The SMILES string of the molecule is CCCCC(CN)NC(=O)C1CCN(C(=O)CCc2ccccc2)CC1. The fourth-order valence-corrected chi connectivity index (χ4v) is 3.46. The third-order valence-corrected chi connectivity index (χ3v) is 5.23. The minimum Gasteiger partial charge on any atom is -0.352 e. The average molecular weight is 360 g/mol. The van der Waals surface area contributed by atoms with Crippen LogP contribution in [0.15, 0.2) is 30.3 Å². The summed E-state index contributed by atoms with van der Waals surface area (Å²) in [5, 5.41) is 3.09. The molecule has 1 fully saturated rings. The van der Waals surface area contributed by atoms with Gasteiger partial charge in [0.05, 0.1) is 0 Å². The summed E-state index contributed by atoms with van der Waals surface area (Å²) in [4.78, 5) is 26.8. The first-order valence-corrected chi connectivity index (χ1v) is 9.96. The van der Waals surface area contributed by atoms with Gasteiger partial charge >= 0.3 is 0 Å². The smallest absolute Gasteiger partial charge is 0.223 e. The largest absolute Gasteiger partial charge is 0.352 e. The minimum absolute atomic E-state index is 0.00356. The van der Waals surface area contributed by atoms with Crippen LogP contribution >= 0.6 is 0 Å². The molecule has 26 heavy (non-hydrogen) atoms. The van der Waals surface area contributed by atoms with E-state index in [4.69, 9.17) is 5.73 Å². The van der Waals surface area contributed by atoms with Crippen LogP contribution in [-0.2, 0) is 16.0 Å². The first-order valence-electron chi connectivity index (χ1n) is 9.96. The second-order valence-corrected chi connectivity index (χ2v) is 7.22. The highest BCUT2D eigenvalue weighted by Crippen LogP contribution is 2.19. The van der Waals surface area contributed by atoms with Crippen LogP contribution in [0.3, 0.4) is 0 Å². The van der Waals surface area contributed by atoms with Gasteiger partial charge in [-0.3, -0.25) is 9.59 Å². The Morgan fingerprint density at radius 1 is 1.23 bits per heavy atom. The van der Waals surface area contributed by atoms with Crippen molar-refractivity contribution >= 4 is 11.8 Å². The van der Waals surface area contributed by atoms with Crippen LogP contribution in [-0.4, -0.2) is 42.4 Å². The third-order valence-electron chi connectivity index (χ3n) is 5.23. The van der Waals surface area contributed by atoms with Gasteiger partial charge in [0.2, 0.25) is 11.8 Å². The van der Waals surface area contributed by atoms with Crippen molar-refractivity contribution in [1.82, 2.24) is 10.2 Å². The van der Waals surface area contributed by atoms with Gasteiger partial charge in [-0.2, -0.15) is 0 Å². The molecule has 5 nitrogen and oxygen atoms in total. The summed E-state index contributed by atoms with van der Waals surface area (Å²) < 4.78 is 0. The van der Waals surface area contributed by atoms with E-state index in [1.807, 2.05) is 23.1 Å². The zero-order valence-electron chi connectivity index (χ0n) is 16.0. The van der Waals surface area contributed by atoms with Crippen molar-refractivity contribution in [3.63, 3.8) is 0 Å². The van der Waals surface area contributed by atoms with Gasteiger partial charge in [-0.1, -0.05) is 50.1 Å². The zero-order chi connectivity index (χ0) is 18.8. The van der Waals surface area contributed by atoms with Gasteiger partial charge in [0, 0.05) is 38.0 Å². The monoisotopic (exact) mass is 359 g/mol. The topological polar surface area (TPSA) is 75.4 Å². The Labute approximate surface area is 157 Å². The number of benzene rings is 1. The predicted octanol–water partition coefficient (Wildman–Crippen LogP) is 2.49. The lowest BCUT2D eigenvalue weighted by molar-refractivity contribution is -0.135. The lowest BCUT2D eigenvalue weighted by Crippen LogP contribution is -2.47. The van der Waals surface area contributed by atoms with E-state index in [1.54, 1.807) is 0 Å². The summed E-state index contributed by atoms with van der Waals surface area (Å²) in [7, 11) is 0. The lowest BCUT2D eigenvalue weighted by Gasteiger charge is -2.32. The highest BCUT2D eigenvalue weighted by molar-refractivity contribution is 5.80. The van der Waals surface area contributed by atoms with Crippen LogP contribution in [0.5, 0.6) is 0 Å². The normalized spacial score (nSPS) is 16.3. The van der Waals surface area contributed by atoms with Gasteiger partial charge in [-0.25, -0.2) is 0 Å².